The summed E-state index contributed by atoms with van der Waals surface area (Å²) in [7, 11) is 3.50. The predicted molar refractivity (Wildman–Crippen MR) is 104 cm³/mol. The second-order valence-electron chi connectivity index (χ2n) is 6.48. The highest BCUT2D eigenvalue weighted by Gasteiger charge is 2.26. The molecule has 2 heterocycles. The summed E-state index contributed by atoms with van der Waals surface area (Å²) >= 11 is 0. The van der Waals surface area contributed by atoms with Crippen molar-refractivity contribution in [2.24, 2.45) is 0 Å². The van der Waals surface area contributed by atoms with Crippen molar-refractivity contribution in [1.29, 1.82) is 0 Å². The van der Waals surface area contributed by atoms with Crippen molar-refractivity contribution in [3.05, 3.63) is 48.2 Å². The second-order valence-corrected chi connectivity index (χ2v) is 6.48. The molecule has 138 valence electrons. The van der Waals surface area contributed by atoms with Crippen LogP contribution in [0.4, 0.5) is 11.5 Å². The minimum absolute atomic E-state index is 0.0366. The number of anilines is 2. The van der Waals surface area contributed by atoms with E-state index in [9.17, 15) is 4.79 Å². The van der Waals surface area contributed by atoms with Gasteiger partial charge in [0.05, 0.1) is 18.4 Å². The molecule has 26 heavy (non-hydrogen) atoms. The van der Waals surface area contributed by atoms with E-state index in [0.717, 1.165) is 36.8 Å². The molecule has 1 aromatic heterocycles. The van der Waals surface area contributed by atoms with Crippen LogP contribution in [0.5, 0.6) is 5.75 Å². The number of nitrogens with one attached hydrogen (secondary N) is 1. The van der Waals surface area contributed by atoms with E-state index in [2.05, 4.69) is 28.2 Å². The lowest BCUT2D eigenvalue weighted by Crippen LogP contribution is -2.40. The lowest BCUT2D eigenvalue weighted by atomic mass is 10.1. The Kier molecular flexibility index (Phi) is 5.61. The number of aromatic nitrogens is 1. The van der Waals surface area contributed by atoms with E-state index in [1.165, 1.54) is 0 Å². The molecule has 1 amide bonds. The van der Waals surface area contributed by atoms with Gasteiger partial charge < -0.3 is 19.9 Å². The number of hydrogen-bond donors (Lipinski definition) is 1. The predicted octanol–water partition coefficient (Wildman–Crippen LogP) is 2.87. The van der Waals surface area contributed by atoms with Gasteiger partial charge in [-0.3, -0.25) is 4.79 Å². The van der Waals surface area contributed by atoms with Gasteiger partial charge in [-0.1, -0.05) is 12.1 Å². The Balaban J connectivity index is 1.75. The first-order chi connectivity index (χ1) is 12.6. The second kappa shape index (κ2) is 8.08. The van der Waals surface area contributed by atoms with Crippen LogP contribution in [0, 0.1) is 0 Å². The van der Waals surface area contributed by atoms with E-state index in [-0.39, 0.29) is 11.9 Å². The molecular weight excluding hydrogens is 328 g/mol. The molecule has 1 aliphatic rings. The number of pyridine rings is 1. The number of nitrogens with zero attached hydrogens (tertiary/aromatic N) is 3. The fourth-order valence-corrected chi connectivity index (χ4v) is 3.33. The summed E-state index contributed by atoms with van der Waals surface area (Å²) in [6.07, 6.45) is 2.55. The van der Waals surface area contributed by atoms with Crippen molar-refractivity contribution in [2.45, 2.75) is 19.4 Å². The van der Waals surface area contributed by atoms with E-state index in [4.69, 9.17) is 4.74 Å². The molecule has 1 unspecified atom stereocenters. The molecule has 6 heteroatoms. The summed E-state index contributed by atoms with van der Waals surface area (Å²) in [5.41, 5.74) is 1.71. The van der Waals surface area contributed by atoms with Crippen LogP contribution in [-0.4, -0.2) is 55.6 Å². The summed E-state index contributed by atoms with van der Waals surface area (Å²) in [6.45, 7) is 4.45. The molecule has 1 aromatic carbocycles. The number of rotatable bonds is 4. The molecule has 6 nitrogen and oxygen atoms in total. The Morgan fingerprint density at radius 2 is 2.00 bits per heavy atom. The summed E-state index contributed by atoms with van der Waals surface area (Å²) in [6, 6.07) is 11.9. The van der Waals surface area contributed by atoms with Crippen LogP contribution in [0.2, 0.25) is 0 Å². The van der Waals surface area contributed by atoms with Crippen molar-refractivity contribution in [2.75, 3.05) is 44.0 Å². The largest absolute Gasteiger partial charge is 0.495 e. The number of methoxy groups -OCH3 is 1. The van der Waals surface area contributed by atoms with Gasteiger partial charge in [-0.2, -0.15) is 0 Å². The molecule has 0 bridgehead atoms. The molecular formula is C20H26N4O2. The van der Waals surface area contributed by atoms with E-state index in [1.54, 1.807) is 13.3 Å². The van der Waals surface area contributed by atoms with Crippen LogP contribution in [0.3, 0.4) is 0 Å². The Morgan fingerprint density at radius 3 is 2.69 bits per heavy atom. The van der Waals surface area contributed by atoms with Gasteiger partial charge in [-0.25, -0.2) is 4.98 Å². The van der Waals surface area contributed by atoms with E-state index in [1.807, 2.05) is 42.3 Å². The SMILES string of the molecule is CNc1ccc(C(=O)N2CCN(c3ccccc3OC)CCC2C)cn1. The normalized spacial score (nSPS) is 17.6. The van der Waals surface area contributed by atoms with Crippen LogP contribution >= 0.6 is 0 Å². The minimum atomic E-state index is 0.0366. The zero-order valence-electron chi connectivity index (χ0n) is 15.6. The van der Waals surface area contributed by atoms with Crippen LogP contribution in [-0.2, 0) is 0 Å². The van der Waals surface area contributed by atoms with Gasteiger partial charge in [0, 0.05) is 38.9 Å². The number of carbonyl (C=O) groups is 1. The molecule has 3 rings (SSSR count). The standard InChI is InChI=1S/C20H26N4O2/c1-15-10-11-23(17-6-4-5-7-18(17)26-3)12-13-24(15)20(25)16-8-9-19(21-2)22-14-16/h4-9,14-15H,10-13H2,1-3H3,(H,21,22). The first-order valence-corrected chi connectivity index (χ1v) is 8.96. The summed E-state index contributed by atoms with van der Waals surface area (Å²) in [5.74, 6) is 1.66. The highest BCUT2D eigenvalue weighted by Crippen LogP contribution is 2.29. The lowest BCUT2D eigenvalue weighted by Gasteiger charge is -2.27. The van der Waals surface area contributed by atoms with Gasteiger partial charge in [0.25, 0.3) is 5.91 Å². The number of amides is 1. The summed E-state index contributed by atoms with van der Waals surface area (Å²) in [5, 5.41) is 2.97. The first-order valence-electron chi connectivity index (χ1n) is 8.96. The minimum Gasteiger partial charge on any atom is -0.495 e. The average molecular weight is 354 g/mol. The number of hydrogen-bond acceptors (Lipinski definition) is 5. The molecule has 1 N–H and O–H groups in total. The van der Waals surface area contributed by atoms with Crippen LogP contribution in [0.1, 0.15) is 23.7 Å². The third-order valence-electron chi connectivity index (χ3n) is 4.91. The van der Waals surface area contributed by atoms with Gasteiger partial charge in [0.2, 0.25) is 0 Å². The zero-order chi connectivity index (χ0) is 18.5. The molecule has 2 aromatic rings. The van der Waals surface area contributed by atoms with E-state index in [0.29, 0.717) is 12.1 Å². The monoisotopic (exact) mass is 354 g/mol. The van der Waals surface area contributed by atoms with Crippen molar-refractivity contribution in [1.82, 2.24) is 9.88 Å². The van der Waals surface area contributed by atoms with Gasteiger partial charge in [-0.05, 0) is 37.6 Å². The Labute approximate surface area is 154 Å². The maximum atomic E-state index is 13.0. The fraction of sp³-hybridized carbons (Fsp3) is 0.400. The van der Waals surface area contributed by atoms with Crippen LogP contribution in [0.15, 0.2) is 42.6 Å². The molecule has 0 saturated carbocycles. The maximum absolute atomic E-state index is 13.0. The van der Waals surface area contributed by atoms with Gasteiger partial charge >= 0.3 is 0 Å². The third-order valence-corrected chi connectivity index (χ3v) is 4.91. The molecule has 1 atom stereocenters. The average Bonchev–Trinajstić information content (AvgIpc) is 2.89. The molecule has 0 aliphatic carbocycles. The molecule has 1 saturated heterocycles. The number of benzene rings is 1. The Morgan fingerprint density at radius 1 is 1.19 bits per heavy atom. The molecule has 1 fully saturated rings. The number of para-hydroxylation sites is 2. The summed E-state index contributed by atoms with van der Waals surface area (Å²) < 4.78 is 5.50. The van der Waals surface area contributed by atoms with Crippen molar-refractivity contribution >= 4 is 17.4 Å². The number of ether oxygens (including phenoxy) is 1. The molecule has 0 radical (unpaired) electrons. The first kappa shape index (κ1) is 18.0. The fourth-order valence-electron chi connectivity index (χ4n) is 3.33. The Hall–Kier alpha value is -2.76. The van der Waals surface area contributed by atoms with Crippen molar-refractivity contribution in [3.8, 4) is 5.75 Å². The van der Waals surface area contributed by atoms with Gasteiger partial charge in [0.1, 0.15) is 11.6 Å². The Bertz CT molecular complexity index is 748. The van der Waals surface area contributed by atoms with Crippen molar-refractivity contribution in [3.63, 3.8) is 0 Å². The lowest BCUT2D eigenvalue weighted by molar-refractivity contribution is 0.0705. The van der Waals surface area contributed by atoms with Crippen LogP contribution in [0.25, 0.3) is 0 Å². The quantitative estimate of drug-likeness (QED) is 0.915. The zero-order valence-corrected chi connectivity index (χ0v) is 15.6. The molecule has 0 spiro atoms. The molecule has 1 aliphatic heterocycles. The van der Waals surface area contributed by atoms with Gasteiger partial charge in [0.15, 0.2) is 0 Å². The third kappa shape index (κ3) is 3.74. The topological polar surface area (TPSA) is 57.7 Å². The summed E-state index contributed by atoms with van der Waals surface area (Å²) in [4.78, 5) is 21.5. The smallest absolute Gasteiger partial charge is 0.255 e. The van der Waals surface area contributed by atoms with Crippen LogP contribution < -0.4 is 15.0 Å². The number of carbonyl (C=O) groups excluding carboxylic acids is 1. The van der Waals surface area contributed by atoms with E-state index < -0.39 is 0 Å². The van der Waals surface area contributed by atoms with Gasteiger partial charge in [-0.15, -0.1) is 0 Å². The highest BCUT2D eigenvalue weighted by atomic mass is 16.5. The highest BCUT2D eigenvalue weighted by molar-refractivity contribution is 5.94. The van der Waals surface area contributed by atoms with E-state index >= 15 is 0 Å². The maximum Gasteiger partial charge on any atom is 0.255 e. The van der Waals surface area contributed by atoms with Crippen molar-refractivity contribution < 1.29 is 9.53 Å².